The molecule has 0 radical (unpaired) electrons. The first-order chi connectivity index (χ1) is 9.19. The maximum absolute atomic E-state index is 12.4. The minimum atomic E-state index is -3.27. The summed E-state index contributed by atoms with van der Waals surface area (Å²) in [5, 5.41) is 0.627. The summed E-state index contributed by atoms with van der Waals surface area (Å²) in [6.07, 6.45) is 1.69. The largest absolute Gasteiger partial charge is 0.336 e. The Morgan fingerprint density at radius 1 is 1.45 bits per heavy atom. The molecule has 112 valence electrons. The molecule has 2 rings (SSSR count). The van der Waals surface area contributed by atoms with E-state index in [1.807, 2.05) is 0 Å². The van der Waals surface area contributed by atoms with E-state index < -0.39 is 10.0 Å². The van der Waals surface area contributed by atoms with Crippen molar-refractivity contribution in [2.24, 2.45) is 7.05 Å². The van der Waals surface area contributed by atoms with Gasteiger partial charge >= 0.3 is 0 Å². The maximum Gasteiger partial charge on any atom is 0.270 e. The topological polar surface area (TPSA) is 71.4 Å². The number of hydrogen-bond acceptors (Lipinski definition) is 3. The molecular weight excluding hydrogens is 325 g/mol. The first kappa shape index (κ1) is 15.6. The van der Waals surface area contributed by atoms with Crippen LogP contribution in [0.5, 0.6) is 0 Å². The molecule has 20 heavy (non-hydrogen) atoms. The van der Waals surface area contributed by atoms with Crippen LogP contribution in [0.4, 0.5) is 0 Å². The normalized spacial score (nSPS) is 19.6. The Morgan fingerprint density at radius 2 is 2.10 bits per heavy atom. The Hall–Kier alpha value is -0.760. The number of nitrogens with zero attached hydrogens (tertiary/aromatic N) is 2. The molecule has 1 amide bonds. The summed E-state index contributed by atoms with van der Waals surface area (Å²) in [6.45, 7) is 0.832. The van der Waals surface area contributed by atoms with Crippen molar-refractivity contribution in [3.63, 3.8) is 0 Å². The zero-order valence-electron chi connectivity index (χ0n) is 11.1. The monoisotopic (exact) mass is 339 g/mol. The van der Waals surface area contributed by atoms with Gasteiger partial charge in [0.2, 0.25) is 10.0 Å². The molecule has 1 unspecified atom stereocenters. The van der Waals surface area contributed by atoms with Gasteiger partial charge in [-0.3, -0.25) is 4.79 Å². The van der Waals surface area contributed by atoms with Crippen LogP contribution in [0.25, 0.3) is 0 Å². The number of likely N-dealkylation sites (tertiary alicyclic amines) is 1. The second-order valence-electron chi connectivity index (χ2n) is 4.85. The Kier molecular flexibility index (Phi) is 4.34. The molecule has 2 heterocycles. The molecule has 1 N–H and O–H groups in total. The minimum Gasteiger partial charge on any atom is -0.336 e. The van der Waals surface area contributed by atoms with E-state index in [9.17, 15) is 13.2 Å². The zero-order chi connectivity index (χ0) is 15.1. The number of sulfonamides is 1. The maximum atomic E-state index is 12.4. The first-order valence-electron chi connectivity index (χ1n) is 5.96. The van der Waals surface area contributed by atoms with Crippen LogP contribution < -0.4 is 4.72 Å². The Morgan fingerprint density at radius 3 is 2.60 bits per heavy atom. The molecule has 9 heteroatoms. The van der Waals surface area contributed by atoms with Crippen LogP contribution in [-0.4, -0.2) is 49.2 Å². The standard InChI is InChI=1S/C11H15Cl2N3O3S/c1-15-9(5-8(12)10(15)13)11(17)16-4-3-7(6-16)14-20(2,18)19/h5,7,14H,3-4,6H2,1-2H3. The highest BCUT2D eigenvalue weighted by atomic mass is 35.5. The summed E-state index contributed by atoms with van der Waals surface area (Å²) < 4.78 is 26.4. The number of aromatic nitrogens is 1. The highest BCUT2D eigenvalue weighted by Crippen LogP contribution is 2.26. The van der Waals surface area contributed by atoms with E-state index >= 15 is 0 Å². The van der Waals surface area contributed by atoms with Gasteiger partial charge in [0.1, 0.15) is 10.8 Å². The molecule has 0 spiro atoms. The molecule has 0 bridgehead atoms. The van der Waals surface area contributed by atoms with Gasteiger partial charge in [-0.2, -0.15) is 0 Å². The highest BCUT2D eigenvalue weighted by molar-refractivity contribution is 7.88. The van der Waals surface area contributed by atoms with Gasteiger partial charge in [-0.15, -0.1) is 0 Å². The second-order valence-corrected chi connectivity index (χ2v) is 7.40. The summed E-state index contributed by atoms with van der Waals surface area (Å²) in [5.74, 6) is -0.209. The fourth-order valence-corrected chi connectivity index (χ4v) is 3.43. The van der Waals surface area contributed by atoms with Gasteiger partial charge in [-0.05, 0) is 12.5 Å². The van der Waals surface area contributed by atoms with Crippen molar-refractivity contribution in [1.82, 2.24) is 14.2 Å². The van der Waals surface area contributed by atoms with Crippen molar-refractivity contribution in [1.29, 1.82) is 0 Å². The molecule has 1 fully saturated rings. The SMILES string of the molecule is Cn1c(C(=O)N2CCC(NS(C)(=O)=O)C2)cc(Cl)c1Cl. The smallest absolute Gasteiger partial charge is 0.270 e. The third-order valence-electron chi connectivity index (χ3n) is 3.19. The van der Waals surface area contributed by atoms with Crippen molar-refractivity contribution < 1.29 is 13.2 Å². The van der Waals surface area contributed by atoms with E-state index in [2.05, 4.69) is 4.72 Å². The van der Waals surface area contributed by atoms with E-state index in [-0.39, 0.29) is 11.9 Å². The molecule has 1 aliphatic rings. The van der Waals surface area contributed by atoms with Crippen LogP contribution >= 0.6 is 23.2 Å². The van der Waals surface area contributed by atoms with E-state index in [1.165, 1.54) is 10.6 Å². The number of amides is 1. The van der Waals surface area contributed by atoms with Gasteiger partial charge in [-0.1, -0.05) is 23.2 Å². The third-order valence-corrected chi connectivity index (χ3v) is 4.80. The molecule has 0 saturated carbocycles. The van der Waals surface area contributed by atoms with Gasteiger partial charge in [0.05, 0.1) is 11.3 Å². The average Bonchev–Trinajstić information content (AvgIpc) is 2.87. The summed E-state index contributed by atoms with van der Waals surface area (Å²) in [7, 11) is -1.61. The fourth-order valence-electron chi connectivity index (χ4n) is 2.25. The van der Waals surface area contributed by atoms with E-state index in [0.717, 1.165) is 6.26 Å². The lowest BCUT2D eigenvalue weighted by molar-refractivity contribution is 0.0781. The molecule has 6 nitrogen and oxygen atoms in total. The second kappa shape index (κ2) is 5.55. The lowest BCUT2D eigenvalue weighted by Gasteiger charge is -2.17. The molecule has 1 aliphatic heterocycles. The van der Waals surface area contributed by atoms with Gasteiger partial charge in [0, 0.05) is 26.2 Å². The minimum absolute atomic E-state index is 0.209. The molecule has 0 aliphatic carbocycles. The molecule has 1 saturated heterocycles. The molecule has 1 atom stereocenters. The van der Waals surface area contributed by atoms with Gasteiger partial charge in [-0.25, -0.2) is 13.1 Å². The summed E-state index contributed by atoms with van der Waals surface area (Å²) in [4.78, 5) is 13.9. The van der Waals surface area contributed by atoms with Crippen molar-refractivity contribution in [3.05, 3.63) is 21.9 Å². The summed E-state index contributed by atoms with van der Waals surface area (Å²) in [6, 6.07) is 1.27. The molecule has 0 aromatic carbocycles. The molecule has 1 aromatic heterocycles. The van der Waals surface area contributed by atoms with Crippen LogP contribution in [0.2, 0.25) is 10.2 Å². The number of nitrogens with one attached hydrogen (secondary N) is 1. The van der Waals surface area contributed by atoms with Crippen LogP contribution in [-0.2, 0) is 17.1 Å². The lowest BCUT2D eigenvalue weighted by Crippen LogP contribution is -2.38. The Balaban J connectivity index is 2.10. The van der Waals surface area contributed by atoms with Crippen LogP contribution in [0.15, 0.2) is 6.07 Å². The van der Waals surface area contributed by atoms with Crippen molar-refractivity contribution in [3.8, 4) is 0 Å². The number of carbonyl (C=O) groups is 1. The predicted molar refractivity (Wildman–Crippen MR) is 77.7 cm³/mol. The van der Waals surface area contributed by atoms with Crippen molar-refractivity contribution in [2.45, 2.75) is 12.5 Å². The van der Waals surface area contributed by atoms with Crippen molar-refractivity contribution >= 4 is 39.1 Å². The third kappa shape index (κ3) is 3.28. The number of carbonyl (C=O) groups excluding carboxylic acids is 1. The first-order valence-corrected chi connectivity index (χ1v) is 8.61. The highest BCUT2D eigenvalue weighted by Gasteiger charge is 2.30. The number of hydrogen-bond donors (Lipinski definition) is 1. The summed E-state index contributed by atoms with van der Waals surface area (Å²) in [5.41, 5.74) is 0.389. The Bertz CT molecular complexity index is 642. The predicted octanol–water partition coefficient (Wildman–Crippen LogP) is 1.10. The van der Waals surface area contributed by atoms with E-state index in [1.54, 1.807) is 11.9 Å². The van der Waals surface area contributed by atoms with E-state index in [4.69, 9.17) is 23.2 Å². The van der Waals surface area contributed by atoms with Crippen molar-refractivity contribution in [2.75, 3.05) is 19.3 Å². The zero-order valence-corrected chi connectivity index (χ0v) is 13.4. The lowest BCUT2D eigenvalue weighted by atomic mass is 10.3. The number of rotatable bonds is 3. The molecular formula is C11H15Cl2N3O3S. The molecule has 1 aromatic rings. The van der Waals surface area contributed by atoms with Crippen LogP contribution in [0.1, 0.15) is 16.9 Å². The van der Waals surface area contributed by atoms with Crippen LogP contribution in [0.3, 0.4) is 0 Å². The Labute approximate surface area is 127 Å². The van der Waals surface area contributed by atoms with E-state index in [0.29, 0.717) is 35.4 Å². The van der Waals surface area contributed by atoms with Gasteiger partial charge in [0.25, 0.3) is 5.91 Å². The summed E-state index contributed by atoms with van der Waals surface area (Å²) >= 11 is 11.8. The quantitative estimate of drug-likeness (QED) is 0.896. The van der Waals surface area contributed by atoms with Gasteiger partial charge in [0.15, 0.2) is 0 Å². The average molecular weight is 340 g/mol. The van der Waals surface area contributed by atoms with Crippen LogP contribution in [0, 0.1) is 0 Å². The fraction of sp³-hybridized carbons (Fsp3) is 0.545. The number of halogens is 2. The van der Waals surface area contributed by atoms with Gasteiger partial charge < -0.3 is 9.47 Å².